The number of rotatable bonds is 3. The fourth-order valence-corrected chi connectivity index (χ4v) is 2.20. The Balaban J connectivity index is 2.64. The van der Waals surface area contributed by atoms with Gasteiger partial charge in [0.2, 0.25) is 0 Å². The molecule has 0 atom stereocenters. The summed E-state index contributed by atoms with van der Waals surface area (Å²) in [5.41, 5.74) is 0.435. The van der Waals surface area contributed by atoms with Crippen molar-refractivity contribution in [1.82, 2.24) is 9.78 Å². The molecular formula is C14H13F3N2O2. The number of hydrogen-bond donors (Lipinski definition) is 1. The van der Waals surface area contributed by atoms with Crippen molar-refractivity contribution in [2.24, 2.45) is 0 Å². The molecule has 0 radical (unpaired) electrons. The number of benzene rings is 1. The second-order valence-electron chi connectivity index (χ2n) is 4.79. The van der Waals surface area contributed by atoms with Gasteiger partial charge >= 0.3 is 12.1 Å². The number of carbonyl (C=O) groups is 1. The Labute approximate surface area is 118 Å². The Morgan fingerprint density at radius 1 is 1.33 bits per heavy atom. The zero-order valence-corrected chi connectivity index (χ0v) is 11.4. The molecule has 1 aromatic heterocycles. The van der Waals surface area contributed by atoms with Gasteiger partial charge in [0.1, 0.15) is 0 Å². The largest absolute Gasteiger partial charge is 0.481 e. The summed E-state index contributed by atoms with van der Waals surface area (Å²) in [5.74, 6) is -1.33. The first-order valence-electron chi connectivity index (χ1n) is 6.13. The van der Waals surface area contributed by atoms with Crippen LogP contribution in [0.4, 0.5) is 13.2 Å². The number of halogens is 3. The van der Waals surface area contributed by atoms with Gasteiger partial charge in [-0.05, 0) is 25.5 Å². The van der Waals surface area contributed by atoms with E-state index in [-0.39, 0.29) is 11.3 Å². The highest BCUT2D eigenvalue weighted by atomic mass is 19.4. The van der Waals surface area contributed by atoms with E-state index in [9.17, 15) is 18.0 Å². The first-order valence-corrected chi connectivity index (χ1v) is 6.13. The zero-order valence-electron chi connectivity index (χ0n) is 11.4. The molecule has 0 unspecified atom stereocenters. The molecule has 0 saturated carbocycles. The minimum absolute atomic E-state index is 0.282. The average molecular weight is 298 g/mol. The van der Waals surface area contributed by atoms with Gasteiger partial charge in [-0.25, -0.2) is 4.68 Å². The second kappa shape index (κ2) is 5.23. The van der Waals surface area contributed by atoms with Crippen molar-refractivity contribution in [1.29, 1.82) is 0 Å². The maximum atomic E-state index is 13.2. The molecule has 0 saturated heterocycles. The van der Waals surface area contributed by atoms with Gasteiger partial charge in [-0.2, -0.15) is 18.3 Å². The molecule has 0 fully saturated rings. The number of aryl methyl sites for hydroxylation is 2. The van der Waals surface area contributed by atoms with Crippen LogP contribution in [0.3, 0.4) is 0 Å². The molecule has 112 valence electrons. The van der Waals surface area contributed by atoms with Crippen LogP contribution in [0.5, 0.6) is 0 Å². The van der Waals surface area contributed by atoms with E-state index in [4.69, 9.17) is 5.11 Å². The topological polar surface area (TPSA) is 55.1 Å². The standard InChI is InChI=1S/C14H13F3N2O2/c1-8-3-4-11(9(2)5-8)19-13(14(15,16)17)10(7-18-19)6-12(20)21/h3-5,7H,6H2,1-2H3,(H,20,21). The van der Waals surface area contributed by atoms with Crippen LogP contribution in [0.1, 0.15) is 22.4 Å². The van der Waals surface area contributed by atoms with Crippen molar-refractivity contribution in [3.63, 3.8) is 0 Å². The molecular weight excluding hydrogens is 285 g/mol. The van der Waals surface area contributed by atoms with E-state index in [1.165, 1.54) is 6.07 Å². The lowest BCUT2D eigenvalue weighted by Crippen LogP contribution is -2.17. The first kappa shape index (κ1) is 15.1. The quantitative estimate of drug-likeness (QED) is 0.947. The summed E-state index contributed by atoms with van der Waals surface area (Å²) in [6.45, 7) is 3.52. The Morgan fingerprint density at radius 2 is 2.00 bits per heavy atom. The fraction of sp³-hybridized carbons (Fsp3) is 0.286. The van der Waals surface area contributed by atoms with E-state index >= 15 is 0 Å². The molecule has 0 aliphatic rings. The third-order valence-electron chi connectivity index (χ3n) is 3.04. The highest BCUT2D eigenvalue weighted by molar-refractivity contribution is 5.70. The number of hydrogen-bond acceptors (Lipinski definition) is 2. The summed E-state index contributed by atoms with van der Waals surface area (Å²) >= 11 is 0. The predicted molar refractivity (Wildman–Crippen MR) is 69.4 cm³/mol. The van der Waals surface area contributed by atoms with Crippen LogP contribution in [-0.2, 0) is 17.4 Å². The van der Waals surface area contributed by atoms with Gasteiger partial charge in [-0.15, -0.1) is 0 Å². The minimum Gasteiger partial charge on any atom is -0.481 e. The van der Waals surface area contributed by atoms with Crippen LogP contribution < -0.4 is 0 Å². The van der Waals surface area contributed by atoms with Crippen LogP contribution in [0.2, 0.25) is 0 Å². The van der Waals surface area contributed by atoms with Crippen molar-refractivity contribution >= 4 is 5.97 Å². The van der Waals surface area contributed by atoms with E-state index in [1.807, 2.05) is 6.92 Å². The van der Waals surface area contributed by atoms with Gasteiger partial charge in [-0.3, -0.25) is 4.79 Å². The van der Waals surface area contributed by atoms with Crippen molar-refractivity contribution in [2.45, 2.75) is 26.4 Å². The zero-order chi connectivity index (χ0) is 15.8. The monoisotopic (exact) mass is 298 g/mol. The molecule has 1 heterocycles. The normalized spacial score (nSPS) is 11.7. The van der Waals surface area contributed by atoms with Crippen LogP contribution in [0.25, 0.3) is 5.69 Å². The number of aliphatic carboxylic acids is 1. The Morgan fingerprint density at radius 3 is 2.52 bits per heavy atom. The molecule has 0 aliphatic carbocycles. The van der Waals surface area contributed by atoms with Gasteiger partial charge in [0, 0.05) is 5.56 Å². The highest BCUT2D eigenvalue weighted by Gasteiger charge is 2.39. The van der Waals surface area contributed by atoms with Crippen molar-refractivity contribution < 1.29 is 23.1 Å². The van der Waals surface area contributed by atoms with Gasteiger partial charge in [0.25, 0.3) is 0 Å². The molecule has 0 amide bonds. The number of nitrogens with zero attached hydrogens (tertiary/aromatic N) is 2. The third-order valence-corrected chi connectivity index (χ3v) is 3.04. The Kier molecular flexibility index (Phi) is 3.76. The molecule has 1 aromatic carbocycles. The first-order chi connectivity index (χ1) is 9.70. The van der Waals surface area contributed by atoms with Gasteiger partial charge in [-0.1, -0.05) is 17.7 Å². The lowest BCUT2D eigenvalue weighted by molar-refractivity contribution is -0.144. The fourth-order valence-electron chi connectivity index (χ4n) is 2.20. The third kappa shape index (κ3) is 3.07. The van der Waals surface area contributed by atoms with Crippen molar-refractivity contribution in [3.8, 4) is 5.69 Å². The summed E-state index contributed by atoms with van der Waals surface area (Å²) in [5, 5.41) is 12.5. The molecule has 1 N–H and O–H groups in total. The van der Waals surface area contributed by atoms with E-state index in [2.05, 4.69) is 5.10 Å². The molecule has 0 spiro atoms. The number of carboxylic acid groups (broad SMARTS) is 1. The summed E-state index contributed by atoms with van der Waals surface area (Å²) in [6, 6.07) is 4.96. The second-order valence-corrected chi connectivity index (χ2v) is 4.79. The summed E-state index contributed by atoms with van der Waals surface area (Å²) in [6.07, 6.45) is -4.45. The lowest BCUT2D eigenvalue weighted by atomic mass is 10.1. The molecule has 0 bridgehead atoms. The van der Waals surface area contributed by atoms with Gasteiger partial charge in [0.05, 0.1) is 18.3 Å². The molecule has 4 nitrogen and oxygen atoms in total. The van der Waals surface area contributed by atoms with Gasteiger partial charge in [0.15, 0.2) is 5.69 Å². The van der Waals surface area contributed by atoms with Gasteiger partial charge < -0.3 is 5.11 Å². The molecule has 21 heavy (non-hydrogen) atoms. The predicted octanol–water partition coefficient (Wildman–Crippen LogP) is 3.14. The number of carboxylic acids is 1. The van der Waals surface area contributed by atoms with Crippen molar-refractivity contribution in [3.05, 3.63) is 46.8 Å². The van der Waals surface area contributed by atoms with Crippen LogP contribution in [0, 0.1) is 13.8 Å². The van der Waals surface area contributed by atoms with E-state index in [0.717, 1.165) is 16.4 Å². The maximum absolute atomic E-state index is 13.2. The molecule has 2 rings (SSSR count). The number of aromatic nitrogens is 2. The van der Waals surface area contributed by atoms with Crippen LogP contribution in [0.15, 0.2) is 24.4 Å². The Bertz CT molecular complexity index is 690. The smallest absolute Gasteiger partial charge is 0.433 e. The average Bonchev–Trinajstić information content (AvgIpc) is 2.71. The van der Waals surface area contributed by atoms with Crippen LogP contribution in [-0.4, -0.2) is 20.9 Å². The van der Waals surface area contributed by atoms with Crippen LogP contribution >= 0.6 is 0 Å². The number of alkyl halides is 3. The maximum Gasteiger partial charge on any atom is 0.433 e. The summed E-state index contributed by atoms with van der Waals surface area (Å²) in [7, 11) is 0. The van der Waals surface area contributed by atoms with E-state index < -0.39 is 24.3 Å². The van der Waals surface area contributed by atoms with Crippen molar-refractivity contribution in [2.75, 3.05) is 0 Å². The highest BCUT2D eigenvalue weighted by Crippen LogP contribution is 2.34. The molecule has 7 heteroatoms. The van der Waals surface area contributed by atoms with E-state index in [0.29, 0.717) is 5.56 Å². The summed E-state index contributed by atoms with van der Waals surface area (Å²) in [4.78, 5) is 10.7. The Hall–Kier alpha value is -2.31. The summed E-state index contributed by atoms with van der Waals surface area (Å²) < 4.78 is 40.5. The lowest BCUT2D eigenvalue weighted by Gasteiger charge is -2.14. The SMILES string of the molecule is Cc1ccc(-n2ncc(CC(=O)O)c2C(F)(F)F)c(C)c1. The van der Waals surface area contributed by atoms with E-state index in [1.54, 1.807) is 19.1 Å². The molecule has 0 aliphatic heterocycles. The molecule has 2 aromatic rings. The minimum atomic E-state index is -4.68.